The summed E-state index contributed by atoms with van der Waals surface area (Å²) in [6.45, 7) is 0. The van der Waals surface area contributed by atoms with Crippen molar-refractivity contribution in [1.29, 1.82) is 0 Å². The van der Waals surface area contributed by atoms with E-state index in [9.17, 15) is 4.21 Å². The molecule has 1 N–H and O–H groups in total. The molecule has 0 saturated carbocycles. The van der Waals surface area contributed by atoms with E-state index in [1.54, 1.807) is 17.5 Å². The minimum Gasteiger partial charge on any atom is -0.306 e. The van der Waals surface area contributed by atoms with Gasteiger partial charge < -0.3 is 4.55 Å². The third-order valence-electron chi connectivity index (χ3n) is 1.90. The first-order chi connectivity index (χ1) is 7.25. The predicted octanol–water partition coefficient (Wildman–Crippen LogP) is 2.53. The molecule has 0 aliphatic heterocycles. The SMILES string of the molecule is O=S(O)Cc1cccc(-c2nccs2)c1. The Kier molecular flexibility index (Phi) is 3.25. The topological polar surface area (TPSA) is 50.2 Å². The largest absolute Gasteiger partial charge is 0.306 e. The van der Waals surface area contributed by atoms with Crippen LogP contribution in [-0.4, -0.2) is 13.7 Å². The molecule has 0 saturated heterocycles. The van der Waals surface area contributed by atoms with Gasteiger partial charge in [0.05, 0.1) is 5.75 Å². The van der Waals surface area contributed by atoms with Gasteiger partial charge in [0.25, 0.3) is 0 Å². The molecule has 0 aliphatic carbocycles. The molecule has 2 aromatic rings. The van der Waals surface area contributed by atoms with Gasteiger partial charge in [0.15, 0.2) is 11.1 Å². The zero-order valence-electron chi connectivity index (χ0n) is 7.79. The van der Waals surface area contributed by atoms with Crippen LogP contribution in [0.2, 0.25) is 0 Å². The summed E-state index contributed by atoms with van der Waals surface area (Å²) in [7, 11) is 0. The highest BCUT2D eigenvalue weighted by molar-refractivity contribution is 7.78. The fraction of sp³-hybridized carbons (Fsp3) is 0.100. The first-order valence-corrected chi connectivity index (χ1v) is 6.47. The van der Waals surface area contributed by atoms with E-state index in [1.807, 2.05) is 29.6 Å². The summed E-state index contributed by atoms with van der Waals surface area (Å²) in [5, 5.41) is 2.84. The second kappa shape index (κ2) is 4.65. The molecule has 1 atom stereocenters. The maximum Gasteiger partial charge on any atom is 0.157 e. The van der Waals surface area contributed by atoms with E-state index in [1.165, 1.54) is 0 Å². The number of rotatable bonds is 3. The third kappa shape index (κ3) is 2.71. The molecule has 0 amide bonds. The van der Waals surface area contributed by atoms with E-state index in [0.717, 1.165) is 16.1 Å². The number of hydrogen-bond donors (Lipinski definition) is 1. The molecule has 1 aromatic carbocycles. The second-order valence-corrected chi connectivity index (χ2v) is 4.83. The minimum atomic E-state index is -1.79. The molecular formula is C10H9NO2S2. The lowest BCUT2D eigenvalue weighted by Crippen LogP contribution is -1.92. The van der Waals surface area contributed by atoms with Gasteiger partial charge in [0, 0.05) is 17.1 Å². The zero-order valence-corrected chi connectivity index (χ0v) is 9.42. The molecule has 0 aliphatic rings. The summed E-state index contributed by atoms with van der Waals surface area (Å²) < 4.78 is 19.5. The number of nitrogens with zero attached hydrogens (tertiary/aromatic N) is 1. The Bertz CT molecular complexity index is 468. The summed E-state index contributed by atoms with van der Waals surface area (Å²) >= 11 is -0.234. The molecule has 0 radical (unpaired) electrons. The van der Waals surface area contributed by atoms with Gasteiger partial charge in [-0.05, 0) is 11.6 Å². The van der Waals surface area contributed by atoms with Crippen molar-refractivity contribution >= 4 is 22.4 Å². The van der Waals surface area contributed by atoms with Crippen LogP contribution in [0.5, 0.6) is 0 Å². The third-order valence-corrected chi connectivity index (χ3v) is 3.30. The first kappa shape index (κ1) is 10.5. The number of thiazole rings is 1. The quantitative estimate of drug-likeness (QED) is 0.837. The Hall–Kier alpha value is -1.04. The van der Waals surface area contributed by atoms with E-state index >= 15 is 0 Å². The van der Waals surface area contributed by atoms with E-state index in [0.29, 0.717) is 0 Å². The summed E-state index contributed by atoms with van der Waals surface area (Å²) in [6, 6.07) is 7.56. The van der Waals surface area contributed by atoms with Crippen LogP contribution >= 0.6 is 11.3 Å². The van der Waals surface area contributed by atoms with Crippen LogP contribution in [0.25, 0.3) is 10.6 Å². The molecule has 5 heteroatoms. The van der Waals surface area contributed by atoms with Crippen molar-refractivity contribution in [2.45, 2.75) is 5.75 Å². The monoisotopic (exact) mass is 239 g/mol. The van der Waals surface area contributed by atoms with Crippen LogP contribution in [0, 0.1) is 0 Å². The molecule has 1 aromatic heterocycles. The van der Waals surface area contributed by atoms with Crippen molar-refractivity contribution in [3.8, 4) is 10.6 Å². The molecular weight excluding hydrogens is 230 g/mol. The van der Waals surface area contributed by atoms with Crippen LogP contribution in [0.15, 0.2) is 35.8 Å². The number of hydrogen-bond acceptors (Lipinski definition) is 3. The number of aromatic nitrogens is 1. The molecule has 3 nitrogen and oxygen atoms in total. The van der Waals surface area contributed by atoms with Crippen LogP contribution in [-0.2, 0) is 16.8 Å². The van der Waals surface area contributed by atoms with Gasteiger partial charge in [-0.15, -0.1) is 11.3 Å². The molecule has 78 valence electrons. The van der Waals surface area contributed by atoms with Gasteiger partial charge in [-0.2, -0.15) is 0 Å². The average molecular weight is 239 g/mol. The van der Waals surface area contributed by atoms with Gasteiger partial charge in [0.1, 0.15) is 5.01 Å². The summed E-state index contributed by atoms with van der Waals surface area (Å²) in [5.41, 5.74) is 1.84. The molecule has 2 rings (SSSR count). The Balaban J connectivity index is 2.31. The standard InChI is InChI=1S/C10H9NO2S2/c12-15(13)7-8-2-1-3-9(6-8)10-11-4-5-14-10/h1-6H,7H2,(H,12,13). The van der Waals surface area contributed by atoms with Crippen LogP contribution in [0.3, 0.4) is 0 Å². The zero-order chi connectivity index (χ0) is 10.7. The maximum absolute atomic E-state index is 10.7. The van der Waals surface area contributed by atoms with Crippen molar-refractivity contribution in [2.24, 2.45) is 0 Å². The van der Waals surface area contributed by atoms with Crippen molar-refractivity contribution in [3.05, 3.63) is 41.4 Å². The Morgan fingerprint density at radius 3 is 3.00 bits per heavy atom. The van der Waals surface area contributed by atoms with Gasteiger partial charge >= 0.3 is 0 Å². The Labute approximate surface area is 94.1 Å². The first-order valence-electron chi connectivity index (χ1n) is 4.32. The number of benzene rings is 1. The molecule has 1 heterocycles. The van der Waals surface area contributed by atoms with Gasteiger partial charge in [-0.25, -0.2) is 9.19 Å². The van der Waals surface area contributed by atoms with E-state index in [-0.39, 0.29) is 5.75 Å². The van der Waals surface area contributed by atoms with E-state index in [2.05, 4.69) is 4.98 Å². The minimum absolute atomic E-state index is 0.166. The Morgan fingerprint density at radius 1 is 1.47 bits per heavy atom. The molecule has 0 fully saturated rings. The van der Waals surface area contributed by atoms with Crippen LogP contribution < -0.4 is 0 Å². The van der Waals surface area contributed by atoms with Crippen LogP contribution in [0.4, 0.5) is 0 Å². The summed E-state index contributed by atoms with van der Waals surface area (Å²) in [6.07, 6.45) is 1.75. The van der Waals surface area contributed by atoms with Gasteiger partial charge in [-0.3, -0.25) is 0 Å². The molecule has 0 spiro atoms. The average Bonchev–Trinajstić information content (AvgIpc) is 2.69. The lowest BCUT2D eigenvalue weighted by Gasteiger charge is -2.00. The molecule has 15 heavy (non-hydrogen) atoms. The van der Waals surface area contributed by atoms with E-state index < -0.39 is 11.1 Å². The van der Waals surface area contributed by atoms with E-state index in [4.69, 9.17) is 4.55 Å². The Morgan fingerprint density at radius 2 is 2.33 bits per heavy atom. The van der Waals surface area contributed by atoms with Crippen molar-refractivity contribution < 1.29 is 8.76 Å². The molecule has 0 bridgehead atoms. The normalized spacial score (nSPS) is 12.6. The summed E-state index contributed by atoms with van der Waals surface area (Å²) in [4.78, 5) is 4.19. The van der Waals surface area contributed by atoms with Gasteiger partial charge in [0.2, 0.25) is 0 Å². The smallest absolute Gasteiger partial charge is 0.157 e. The molecule has 1 unspecified atom stereocenters. The fourth-order valence-corrected chi connectivity index (χ4v) is 2.40. The lowest BCUT2D eigenvalue weighted by molar-refractivity contribution is 0.563. The van der Waals surface area contributed by atoms with Crippen LogP contribution in [0.1, 0.15) is 5.56 Å². The second-order valence-electron chi connectivity index (χ2n) is 3.00. The highest BCUT2D eigenvalue weighted by atomic mass is 32.2. The lowest BCUT2D eigenvalue weighted by atomic mass is 10.1. The maximum atomic E-state index is 10.7. The highest BCUT2D eigenvalue weighted by Crippen LogP contribution is 2.22. The van der Waals surface area contributed by atoms with Crippen molar-refractivity contribution in [1.82, 2.24) is 4.98 Å². The highest BCUT2D eigenvalue weighted by Gasteiger charge is 2.03. The fourth-order valence-electron chi connectivity index (χ4n) is 1.30. The predicted molar refractivity (Wildman–Crippen MR) is 62.0 cm³/mol. The summed E-state index contributed by atoms with van der Waals surface area (Å²) in [5.74, 6) is 0.166. The van der Waals surface area contributed by atoms with Crippen molar-refractivity contribution in [2.75, 3.05) is 0 Å². The van der Waals surface area contributed by atoms with Crippen molar-refractivity contribution in [3.63, 3.8) is 0 Å². The van der Waals surface area contributed by atoms with Gasteiger partial charge in [-0.1, -0.05) is 18.2 Å².